The molecular weight excluding hydrogens is 298 g/mol. The van der Waals surface area contributed by atoms with Crippen LogP contribution in [0.2, 0.25) is 0 Å². The van der Waals surface area contributed by atoms with Crippen LogP contribution in [0.15, 0.2) is 10.7 Å². The van der Waals surface area contributed by atoms with Crippen molar-refractivity contribution in [2.75, 3.05) is 0 Å². The normalized spacial score (nSPS) is 11.1. The fraction of sp³-hybridized carbons (Fsp3) is 0.545. The molecule has 0 saturated carbocycles. The highest BCUT2D eigenvalue weighted by Crippen LogP contribution is 2.23. The molecule has 0 spiro atoms. The van der Waals surface area contributed by atoms with Gasteiger partial charge in [0.1, 0.15) is 5.69 Å². The van der Waals surface area contributed by atoms with Crippen LogP contribution >= 0.6 is 15.9 Å². The van der Waals surface area contributed by atoms with Crippen molar-refractivity contribution in [3.63, 3.8) is 0 Å². The van der Waals surface area contributed by atoms with Gasteiger partial charge in [-0.3, -0.25) is 4.68 Å². The minimum absolute atomic E-state index is 0.0889. The molecule has 7 heteroatoms. The zero-order valence-electron chi connectivity index (χ0n) is 10.5. The number of rotatable bonds is 5. The highest BCUT2D eigenvalue weighted by molar-refractivity contribution is 9.10. The summed E-state index contributed by atoms with van der Waals surface area (Å²) in [6.07, 6.45) is 2.63. The molecule has 0 aliphatic heterocycles. The first kappa shape index (κ1) is 13.2. The maximum absolute atomic E-state index is 8.97. The van der Waals surface area contributed by atoms with Crippen molar-refractivity contribution in [2.45, 2.75) is 40.0 Å². The molecule has 0 bridgehead atoms. The summed E-state index contributed by atoms with van der Waals surface area (Å²) in [5.74, 6) is 0. The Morgan fingerprint density at radius 2 is 2.17 bits per heavy atom. The second kappa shape index (κ2) is 5.62. The molecule has 0 unspecified atom stereocenters. The van der Waals surface area contributed by atoms with E-state index in [0.29, 0.717) is 12.2 Å². The third kappa shape index (κ3) is 2.46. The van der Waals surface area contributed by atoms with Gasteiger partial charge in [0.15, 0.2) is 0 Å². The molecular formula is C11H16BrN5O. The van der Waals surface area contributed by atoms with Gasteiger partial charge in [0.25, 0.3) is 0 Å². The van der Waals surface area contributed by atoms with Gasteiger partial charge in [-0.25, -0.2) is 4.68 Å². The number of aliphatic hydroxyl groups excluding tert-OH is 1. The third-order valence-electron chi connectivity index (χ3n) is 2.75. The zero-order valence-corrected chi connectivity index (χ0v) is 12.1. The number of aromatic nitrogens is 5. The molecule has 0 atom stereocenters. The summed E-state index contributed by atoms with van der Waals surface area (Å²) in [5.41, 5.74) is 2.70. The van der Waals surface area contributed by atoms with Crippen LogP contribution in [-0.4, -0.2) is 29.9 Å². The summed E-state index contributed by atoms with van der Waals surface area (Å²) in [7, 11) is 0. The summed E-state index contributed by atoms with van der Waals surface area (Å²) in [4.78, 5) is 0. The van der Waals surface area contributed by atoms with E-state index in [4.69, 9.17) is 5.11 Å². The van der Waals surface area contributed by atoms with Crippen LogP contribution in [0, 0.1) is 0 Å². The standard InChI is InChI=1S/C11H16BrN5O/c1-3-9-11(12)10(17(4-2)14-9)6-16-5-8(7-18)13-15-16/h5,18H,3-4,6-7H2,1-2H3. The van der Waals surface area contributed by atoms with Crippen molar-refractivity contribution in [2.24, 2.45) is 0 Å². The number of halogens is 1. The minimum atomic E-state index is -0.0889. The van der Waals surface area contributed by atoms with Gasteiger partial charge in [0.2, 0.25) is 0 Å². The molecule has 0 fully saturated rings. The average molecular weight is 314 g/mol. The second-order valence-corrected chi connectivity index (χ2v) is 4.74. The largest absolute Gasteiger partial charge is 0.390 e. The zero-order chi connectivity index (χ0) is 13.1. The van der Waals surface area contributed by atoms with Gasteiger partial charge < -0.3 is 5.11 Å². The lowest BCUT2D eigenvalue weighted by atomic mass is 10.3. The molecule has 0 saturated heterocycles. The van der Waals surface area contributed by atoms with Crippen molar-refractivity contribution in [3.05, 3.63) is 27.8 Å². The van der Waals surface area contributed by atoms with Gasteiger partial charge in [-0.1, -0.05) is 12.1 Å². The number of aryl methyl sites for hydroxylation is 2. The number of nitrogens with zero attached hydrogens (tertiary/aromatic N) is 5. The summed E-state index contributed by atoms with van der Waals surface area (Å²) < 4.78 is 4.70. The van der Waals surface area contributed by atoms with Gasteiger partial charge >= 0.3 is 0 Å². The van der Waals surface area contributed by atoms with E-state index < -0.39 is 0 Å². The van der Waals surface area contributed by atoms with Crippen LogP contribution < -0.4 is 0 Å². The molecule has 0 aliphatic rings. The highest BCUT2D eigenvalue weighted by atomic mass is 79.9. The Bertz CT molecular complexity index is 534. The quantitative estimate of drug-likeness (QED) is 0.905. The van der Waals surface area contributed by atoms with Gasteiger partial charge in [-0.05, 0) is 29.3 Å². The lowest BCUT2D eigenvalue weighted by Crippen LogP contribution is -2.09. The predicted octanol–water partition coefficient (Wildman–Crippen LogP) is 1.36. The monoisotopic (exact) mass is 313 g/mol. The van der Waals surface area contributed by atoms with Crippen molar-refractivity contribution in [3.8, 4) is 0 Å². The van der Waals surface area contributed by atoms with Crippen molar-refractivity contribution in [1.29, 1.82) is 0 Å². The first-order valence-corrected chi connectivity index (χ1v) is 6.72. The highest BCUT2D eigenvalue weighted by Gasteiger charge is 2.14. The molecule has 2 aromatic heterocycles. The molecule has 6 nitrogen and oxygen atoms in total. The van der Waals surface area contributed by atoms with E-state index in [1.165, 1.54) is 0 Å². The summed E-state index contributed by atoms with van der Waals surface area (Å²) in [6, 6.07) is 0. The molecule has 0 radical (unpaired) electrons. The number of hydrogen-bond donors (Lipinski definition) is 1. The number of hydrogen-bond acceptors (Lipinski definition) is 4. The molecule has 98 valence electrons. The number of aliphatic hydroxyl groups is 1. The Labute approximate surface area is 114 Å². The van der Waals surface area contributed by atoms with Crippen LogP contribution in [0.5, 0.6) is 0 Å². The first-order chi connectivity index (χ1) is 8.69. The Balaban J connectivity index is 2.29. The van der Waals surface area contributed by atoms with Crippen LogP contribution in [0.3, 0.4) is 0 Å². The molecule has 2 heterocycles. The fourth-order valence-electron chi connectivity index (χ4n) is 1.81. The lowest BCUT2D eigenvalue weighted by Gasteiger charge is -2.04. The van der Waals surface area contributed by atoms with Gasteiger partial charge in [0, 0.05) is 6.54 Å². The van der Waals surface area contributed by atoms with E-state index in [-0.39, 0.29) is 6.61 Å². The van der Waals surface area contributed by atoms with Crippen LogP contribution in [-0.2, 0) is 26.1 Å². The topological polar surface area (TPSA) is 68.8 Å². The van der Waals surface area contributed by atoms with E-state index in [1.54, 1.807) is 10.9 Å². The van der Waals surface area contributed by atoms with Crippen LogP contribution in [0.1, 0.15) is 30.9 Å². The van der Waals surface area contributed by atoms with Crippen molar-refractivity contribution >= 4 is 15.9 Å². The van der Waals surface area contributed by atoms with E-state index in [1.807, 2.05) is 4.68 Å². The van der Waals surface area contributed by atoms with Crippen molar-refractivity contribution < 1.29 is 5.11 Å². The summed E-state index contributed by atoms with van der Waals surface area (Å²) in [5, 5.41) is 21.3. The summed E-state index contributed by atoms with van der Waals surface area (Å²) >= 11 is 3.59. The molecule has 2 rings (SSSR count). The van der Waals surface area contributed by atoms with Crippen LogP contribution in [0.4, 0.5) is 0 Å². The predicted molar refractivity (Wildman–Crippen MR) is 70.0 cm³/mol. The second-order valence-electron chi connectivity index (χ2n) is 3.94. The van der Waals surface area contributed by atoms with Crippen LogP contribution in [0.25, 0.3) is 0 Å². The first-order valence-electron chi connectivity index (χ1n) is 5.93. The summed E-state index contributed by atoms with van der Waals surface area (Å²) in [6.45, 7) is 5.46. The maximum Gasteiger partial charge on any atom is 0.108 e. The maximum atomic E-state index is 8.97. The van der Waals surface area contributed by atoms with E-state index in [9.17, 15) is 0 Å². The Hall–Kier alpha value is -1.21. The van der Waals surface area contributed by atoms with E-state index in [2.05, 4.69) is 45.2 Å². The molecule has 2 aromatic rings. The van der Waals surface area contributed by atoms with Gasteiger partial charge in [-0.2, -0.15) is 5.10 Å². The molecule has 18 heavy (non-hydrogen) atoms. The SMILES string of the molecule is CCc1nn(CC)c(Cn2cc(CO)nn2)c1Br. The molecule has 0 aliphatic carbocycles. The van der Waals surface area contributed by atoms with E-state index in [0.717, 1.165) is 28.8 Å². The third-order valence-corrected chi connectivity index (χ3v) is 3.67. The lowest BCUT2D eigenvalue weighted by molar-refractivity contribution is 0.276. The Morgan fingerprint density at radius 3 is 2.72 bits per heavy atom. The Morgan fingerprint density at radius 1 is 1.39 bits per heavy atom. The molecule has 0 amide bonds. The van der Waals surface area contributed by atoms with Gasteiger partial charge in [-0.15, -0.1) is 5.10 Å². The Kier molecular flexibility index (Phi) is 4.13. The van der Waals surface area contributed by atoms with Gasteiger partial charge in [0.05, 0.1) is 35.2 Å². The minimum Gasteiger partial charge on any atom is -0.390 e. The van der Waals surface area contributed by atoms with Crippen molar-refractivity contribution in [1.82, 2.24) is 24.8 Å². The fourth-order valence-corrected chi connectivity index (χ4v) is 2.50. The smallest absolute Gasteiger partial charge is 0.108 e. The van der Waals surface area contributed by atoms with E-state index >= 15 is 0 Å². The molecule has 1 N–H and O–H groups in total. The molecule has 0 aromatic carbocycles. The average Bonchev–Trinajstić information content (AvgIpc) is 2.96.